The Morgan fingerprint density at radius 1 is 1.31 bits per heavy atom. The second-order valence-electron chi connectivity index (χ2n) is 7.01. The van der Waals surface area contributed by atoms with Crippen LogP contribution in [0, 0.1) is 6.92 Å². The molecule has 2 aliphatic rings. The van der Waals surface area contributed by atoms with Gasteiger partial charge in [-0.3, -0.25) is 14.3 Å². The molecule has 0 unspecified atom stereocenters. The lowest BCUT2D eigenvalue weighted by Crippen LogP contribution is -2.59. The van der Waals surface area contributed by atoms with Crippen LogP contribution in [-0.4, -0.2) is 58.3 Å². The Kier molecular flexibility index (Phi) is 4.07. The van der Waals surface area contributed by atoms with E-state index >= 15 is 0 Å². The number of morpholine rings is 1. The zero-order valence-electron chi connectivity index (χ0n) is 15.0. The summed E-state index contributed by atoms with van der Waals surface area (Å²) in [4.78, 5) is 28.5. The van der Waals surface area contributed by atoms with Gasteiger partial charge in [-0.15, -0.1) is 0 Å². The number of carbonyl (C=O) groups is 2. The third-order valence-corrected chi connectivity index (χ3v) is 5.30. The SMILES string of the molecule is Cc1occc1C(=O)N1CCC2(CC1)CN(c1cnn(C)c1)C(=O)CO2. The first-order chi connectivity index (χ1) is 12.5. The maximum Gasteiger partial charge on any atom is 0.257 e. The second-order valence-corrected chi connectivity index (χ2v) is 7.01. The standard InChI is InChI=1S/C18H22N4O4/c1-13-15(3-8-25-13)17(24)21-6-4-18(5-7-21)12-22(16(23)11-26-18)14-9-19-20(2)10-14/h3,8-10H,4-7,11-12H2,1-2H3. The molecule has 1 spiro atoms. The van der Waals surface area contributed by atoms with Gasteiger partial charge in [0.1, 0.15) is 12.4 Å². The molecule has 0 aromatic carbocycles. The predicted octanol–water partition coefficient (Wildman–Crippen LogP) is 1.36. The maximum absolute atomic E-state index is 12.6. The number of likely N-dealkylation sites (tertiary alicyclic amines) is 1. The number of hydrogen-bond acceptors (Lipinski definition) is 5. The lowest BCUT2D eigenvalue weighted by Gasteiger charge is -2.46. The van der Waals surface area contributed by atoms with E-state index in [2.05, 4.69) is 5.10 Å². The van der Waals surface area contributed by atoms with Crippen molar-refractivity contribution < 1.29 is 18.7 Å². The first-order valence-electron chi connectivity index (χ1n) is 8.74. The first kappa shape index (κ1) is 16.8. The molecule has 8 heteroatoms. The summed E-state index contributed by atoms with van der Waals surface area (Å²) in [5, 5.41) is 4.15. The van der Waals surface area contributed by atoms with Gasteiger partial charge in [0.15, 0.2) is 0 Å². The Morgan fingerprint density at radius 3 is 2.69 bits per heavy atom. The first-order valence-corrected chi connectivity index (χ1v) is 8.74. The predicted molar refractivity (Wildman–Crippen MR) is 92.8 cm³/mol. The molecule has 0 aliphatic carbocycles. The van der Waals surface area contributed by atoms with Crippen molar-refractivity contribution in [2.24, 2.45) is 7.05 Å². The van der Waals surface area contributed by atoms with E-state index in [0.29, 0.717) is 43.8 Å². The van der Waals surface area contributed by atoms with Crippen molar-refractivity contribution in [2.45, 2.75) is 25.4 Å². The molecule has 2 aliphatic heterocycles. The van der Waals surface area contributed by atoms with E-state index < -0.39 is 5.60 Å². The highest BCUT2D eigenvalue weighted by Crippen LogP contribution is 2.33. The lowest BCUT2D eigenvalue weighted by atomic mass is 9.89. The van der Waals surface area contributed by atoms with Crippen molar-refractivity contribution in [2.75, 3.05) is 31.1 Å². The minimum absolute atomic E-state index is 0.0119. The summed E-state index contributed by atoms with van der Waals surface area (Å²) >= 11 is 0. The summed E-state index contributed by atoms with van der Waals surface area (Å²) in [6, 6.07) is 1.71. The molecular formula is C18H22N4O4. The van der Waals surface area contributed by atoms with Crippen LogP contribution in [0.4, 0.5) is 5.69 Å². The number of carbonyl (C=O) groups excluding carboxylic acids is 2. The van der Waals surface area contributed by atoms with Crippen molar-refractivity contribution in [3.05, 3.63) is 36.0 Å². The van der Waals surface area contributed by atoms with Crippen molar-refractivity contribution >= 4 is 17.5 Å². The van der Waals surface area contributed by atoms with Gasteiger partial charge in [-0.1, -0.05) is 0 Å². The number of hydrogen-bond donors (Lipinski definition) is 0. The van der Waals surface area contributed by atoms with Crippen LogP contribution in [0.5, 0.6) is 0 Å². The van der Waals surface area contributed by atoms with Gasteiger partial charge in [0.25, 0.3) is 11.8 Å². The molecule has 0 radical (unpaired) electrons. The normalized spacial score (nSPS) is 20.0. The molecule has 2 saturated heterocycles. The number of furan rings is 1. The van der Waals surface area contributed by atoms with Crippen LogP contribution in [0.2, 0.25) is 0 Å². The minimum Gasteiger partial charge on any atom is -0.469 e. The summed E-state index contributed by atoms with van der Waals surface area (Å²) in [5.74, 6) is 0.566. The minimum atomic E-state index is -0.411. The van der Waals surface area contributed by atoms with Gasteiger partial charge in [-0.05, 0) is 25.8 Å². The fraction of sp³-hybridized carbons (Fsp3) is 0.500. The molecule has 4 rings (SSSR count). The zero-order chi connectivity index (χ0) is 18.3. The van der Waals surface area contributed by atoms with Gasteiger partial charge in [0, 0.05) is 26.3 Å². The van der Waals surface area contributed by atoms with Gasteiger partial charge in [0.2, 0.25) is 0 Å². The lowest BCUT2D eigenvalue weighted by molar-refractivity contribution is -0.143. The van der Waals surface area contributed by atoms with Crippen LogP contribution in [0.25, 0.3) is 0 Å². The highest BCUT2D eigenvalue weighted by Gasteiger charge is 2.43. The molecule has 0 bridgehead atoms. The number of nitrogens with zero attached hydrogens (tertiary/aromatic N) is 4. The van der Waals surface area contributed by atoms with Crippen LogP contribution >= 0.6 is 0 Å². The fourth-order valence-electron chi connectivity index (χ4n) is 3.69. The summed E-state index contributed by atoms with van der Waals surface area (Å²) in [6.07, 6.45) is 6.45. The van der Waals surface area contributed by atoms with E-state index in [1.165, 1.54) is 6.26 Å². The average Bonchev–Trinajstić information content (AvgIpc) is 3.26. The molecule has 4 heterocycles. The molecule has 26 heavy (non-hydrogen) atoms. The third-order valence-electron chi connectivity index (χ3n) is 5.30. The zero-order valence-corrected chi connectivity index (χ0v) is 15.0. The Hall–Kier alpha value is -2.61. The Bertz CT molecular complexity index is 832. The summed E-state index contributed by atoms with van der Waals surface area (Å²) in [6.45, 7) is 3.53. The molecule has 2 aromatic heterocycles. The van der Waals surface area contributed by atoms with Crippen LogP contribution in [0.15, 0.2) is 29.1 Å². The van der Waals surface area contributed by atoms with Crippen molar-refractivity contribution in [1.82, 2.24) is 14.7 Å². The molecule has 2 fully saturated rings. The topological polar surface area (TPSA) is 80.8 Å². The second kappa shape index (κ2) is 6.28. The number of anilines is 1. The molecular weight excluding hydrogens is 336 g/mol. The quantitative estimate of drug-likeness (QED) is 0.810. The van der Waals surface area contributed by atoms with Gasteiger partial charge in [-0.2, -0.15) is 5.10 Å². The molecule has 0 N–H and O–H groups in total. The molecule has 0 atom stereocenters. The smallest absolute Gasteiger partial charge is 0.257 e. The van der Waals surface area contributed by atoms with Crippen molar-refractivity contribution in [1.29, 1.82) is 0 Å². The highest BCUT2D eigenvalue weighted by molar-refractivity contribution is 5.96. The number of rotatable bonds is 2. The van der Waals surface area contributed by atoms with Crippen LogP contribution in [0.1, 0.15) is 29.0 Å². The van der Waals surface area contributed by atoms with E-state index in [-0.39, 0.29) is 18.4 Å². The van der Waals surface area contributed by atoms with Crippen LogP contribution in [-0.2, 0) is 16.6 Å². The number of ether oxygens (including phenoxy) is 1. The number of aryl methyl sites for hydroxylation is 2. The number of piperidine rings is 1. The summed E-state index contributed by atoms with van der Waals surface area (Å²) in [5.41, 5.74) is 0.983. The largest absolute Gasteiger partial charge is 0.469 e. The Balaban J connectivity index is 1.45. The molecule has 138 valence electrons. The van der Waals surface area contributed by atoms with E-state index in [4.69, 9.17) is 9.15 Å². The molecule has 8 nitrogen and oxygen atoms in total. The van der Waals surface area contributed by atoms with Gasteiger partial charge in [0.05, 0.1) is 35.9 Å². The Labute approximate surface area is 151 Å². The van der Waals surface area contributed by atoms with E-state index in [1.54, 1.807) is 28.8 Å². The summed E-state index contributed by atoms with van der Waals surface area (Å²) in [7, 11) is 1.83. The summed E-state index contributed by atoms with van der Waals surface area (Å²) < 4.78 is 12.9. The molecule has 2 amide bonds. The fourth-order valence-corrected chi connectivity index (χ4v) is 3.69. The monoisotopic (exact) mass is 358 g/mol. The van der Waals surface area contributed by atoms with Crippen LogP contribution < -0.4 is 4.90 Å². The number of amides is 2. The van der Waals surface area contributed by atoms with Crippen LogP contribution in [0.3, 0.4) is 0 Å². The van der Waals surface area contributed by atoms with Gasteiger partial charge < -0.3 is 19.0 Å². The van der Waals surface area contributed by atoms with E-state index in [0.717, 1.165) is 5.69 Å². The van der Waals surface area contributed by atoms with Gasteiger partial charge in [-0.25, -0.2) is 0 Å². The molecule has 0 saturated carbocycles. The van der Waals surface area contributed by atoms with Gasteiger partial charge >= 0.3 is 0 Å². The van der Waals surface area contributed by atoms with E-state index in [1.807, 2.05) is 18.1 Å². The third kappa shape index (κ3) is 2.90. The van der Waals surface area contributed by atoms with Crippen molar-refractivity contribution in [3.63, 3.8) is 0 Å². The number of aromatic nitrogens is 2. The highest BCUT2D eigenvalue weighted by atomic mass is 16.5. The van der Waals surface area contributed by atoms with Crippen molar-refractivity contribution in [3.8, 4) is 0 Å². The molecule has 2 aromatic rings. The maximum atomic E-state index is 12.6. The van der Waals surface area contributed by atoms with E-state index in [9.17, 15) is 9.59 Å². The Morgan fingerprint density at radius 2 is 2.08 bits per heavy atom. The average molecular weight is 358 g/mol.